The van der Waals surface area contributed by atoms with Crippen molar-refractivity contribution in [1.82, 2.24) is 19.3 Å². The lowest BCUT2D eigenvalue weighted by Gasteiger charge is -2.32. The zero-order valence-corrected chi connectivity index (χ0v) is 15.8. The minimum Gasteiger partial charge on any atom is -0.342 e. The summed E-state index contributed by atoms with van der Waals surface area (Å²) in [6.45, 7) is 1.67. The van der Waals surface area contributed by atoms with Gasteiger partial charge in [0.15, 0.2) is 0 Å². The predicted molar refractivity (Wildman–Crippen MR) is 105 cm³/mol. The van der Waals surface area contributed by atoms with Crippen molar-refractivity contribution in [3.8, 4) is 11.4 Å². The zero-order valence-electron chi connectivity index (χ0n) is 15.0. The predicted octanol–water partition coefficient (Wildman–Crippen LogP) is 4.17. The Labute approximate surface area is 163 Å². The molecule has 1 unspecified atom stereocenters. The van der Waals surface area contributed by atoms with Crippen LogP contribution in [-0.2, 0) is 4.79 Å². The van der Waals surface area contributed by atoms with E-state index in [4.69, 9.17) is 16.6 Å². The largest absolute Gasteiger partial charge is 0.342 e. The molecule has 1 saturated carbocycles. The number of imidazole rings is 1. The SMILES string of the molecule is O=C(C1CC1)N1CCCC(c2cccc(-c3cnc4ccc(Cl)cn34)n2)C1. The van der Waals surface area contributed by atoms with Crippen LogP contribution < -0.4 is 0 Å². The van der Waals surface area contributed by atoms with Crippen LogP contribution in [0.5, 0.6) is 0 Å². The van der Waals surface area contributed by atoms with E-state index in [-0.39, 0.29) is 5.92 Å². The molecule has 6 heteroatoms. The van der Waals surface area contributed by atoms with Gasteiger partial charge in [-0.25, -0.2) is 4.98 Å². The Balaban J connectivity index is 1.44. The van der Waals surface area contributed by atoms with Crippen LogP contribution in [0, 0.1) is 5.92 Å². The van der Waals surface area contributed by atoms with Gasteiger partial charge in [0, 0.05) is 36.8 Å². The molecule has 4 heterocycles. The lowest BCUT2D eigenvalue weighted by Crippen LogP contribution is -2.40. The molecule has 3 aromatic rings. The summed E-state index contributed by atoms with van der Waals surface area (Å²) in [4.78, 5) is 23.9. The first kappa shape index (κ1) is 16.8. The number of halogens is 1. The molecular weight excluding hydrogens is 360 g/mol. The maximum absolute atomic E-state index is 12.5. The van der Waals surface area contributed by atoms with Crippen molar-refractivity contribution < 1.29 is 4.79 Å². The van der Waals surface area contributed by atoms with Crippen molar-refractivity contribution in [3.05, 3.63) is 53.4 Å². The summed E-state index contributed by atoms with van der Waals surface area (Å²) in [7, 11) is 0. The Kier molecular flexibility index (Phi) is 4.12. The lowest BCUT2D eigenvalue weighted by molar-refractivity contribution is -0.133. The minimum atomic E-state index is 0.283. The Bertz CT molecular complexity index is 1010. The fourth-order valence-electron chi connectivity index (χ4n) is 3.97. The van der Waals surface area contributed by atoms with E-state index in [1.165, 1.54) is 0 Å². The molecule has 27 heavy (non-hydrogen) atoms. The number of piperidine rings is 1. The third-order valence-electron chi connectivity index (χ3n) is 5.58. The van der Waals surface area contributed by atoms with Gasteiger partial charge in [-0.05, 0) is 49.9 Å². The molecule has 0 radical (unpaired) electrons. The number of fused-ring (bicyclic) bond motifs is 1. The van der Waals surface area contributed by atoms with E-state index in [1.54, 1.807) is 0 Å². The van der Waals surface area contributed by atoms with Crippen molar-refractivity contribution in [2.75, 3.05) is 13.1 Å². The Morgan fingerprint density at radius 3 is 2.89 bits per heavy atom. The molecule has 2 aliphatic rings. The van der Waals surface area contributed by atoms with Crippen LogP contribution in [0.1, 0.15) is 37.3 Å². The highest BCUT2D eigenvalue weighted by Crippen LogP contribution is 2.34. The highest BCUT2D eigenvalue weighted by molar-refractivity contribution is 6.30. The number of aromatic nitrogens is 3. The molecule has 0 N–H and O–H groups in total. The monoisotopic (exact) mass is 380 g/mol. The van der Waals surface area contributed by atoms with Crippen LogP contribution in [0.3, 0.4) is 0 Å². The van der Waals surface area contributed by atoms with Crippen LogP contribution in [0.15, 0.2) is 42.7 Å². The molecule has 5 rings (SSSR count). The van der Waals surface area contributed by atoms with Crippen molar-refractivity contribution in [1.29, 1.82) is 0 Å². The summed E-state index contributed by atoms with van der Waals surface area (Å²) < 4.78 is 1.97. The summed E-state index contributed by atoms with van der Waals surface area (Å²) in [6.07, 6.45) is 7.94. The van der Waals surface area contributed by atoms with Gasteiger partial charge < -0.3 is 4.90 Å². The van der Waals surface area contributed by atoms with E-state index in [0.717, 1.165) is 61.5 Å². The van der Waals surface area contributed by atoms with E-state index in [2.05, 4.69) is 11.1 Å². The molecule has 1 aliphatic carbocycles. The van der Waals surface area contributed by atoms with Crippen LogP contribution in [-0.4, -0.2) is 38.3 Å². The van der Waals surface area contributed by atoms with Crippen LogP contribution in [0.2, 0.25) is 5.02 Å². The molecule has 3 aromatic heterocycles. The molecule has 0 aromatic carbocycles. The molecule has 2 fully saturated rings. The smallest absolute Gasteiger partial charge is 0.225 e. The fourth-order valence-corrected chi connectivity index (χ4v) is 4.13. The van der Waals surface area contributed by atoms with Crippen LogP contribution in [0.25, 0.3) is 17.0 Å². The van der Waals surface area contributed by atoms with Gasteiger partial charge in [-0.2, -0.15) is 0 Å². The molecule has 5 nitrogen and oxygen atoms in total. The van der Waals surface area contributed by atoms with E-state index < -0.39 is 0 Å². The second-order valence-electron chi connectivity index (χ2n) is 7.56. The number of pyridine rings is 2. The van der Waals surface area contributed by atoms with Gasteiger partial charge in [0.2, 0.25) is 5.91 Å². The summed E-state index contributed by atoms with van der Waals surface area (Å²) in [5.41, 5.74) is 3.71. The average molecular weight is 381 g/mol. The molecule has 0 bridgehead atoms. The van der Waals surface area contributed by atoms with Gasteiger partial charge in [0.25, 0.3) is 0 Å². The first-order valence-corrected chi connectivity index (χ1v) is 9.95. The number of rotatable bonds is 3. The highest BCUT2D eigenvalue weighted by Gasteiger charge is 2.35. The number of hydrogen-bond donors (Lipinski definition) is 0. The van der Waals surface area contributed by atoms with Gasteiger partial charge in [-0.1, -0.05) is 17.7 Å². The van der Waals surface area contributed by atoms with E-state index in [0.29, 0.717) is 16.8 Å². The minimum absolute atomic E-state index is 0.283. The molecule has 1 amide bonds. The first-order valence-electron chi connectivity index (χ1n) is 9.58. The van der Waals surface area contributed by atoms with E-state index in [1.807, 2.05) is 46.0 Å². The Morgan fingerprint density at radius 1 is 1.15 bits per heavy atom. The average Bonchev–Trinajstić information content (AvgIpc) is 3.47. The summed E-state index contributed by atoms with van der Waals surface area (Å²) in [5, 5.41) is 0.666. The van der Waals surface area contributed by atoms with E-state index >= 15 is 0 Å². The molecule has 0 spiro atoms. The van der Waals surface area contributed by atoms with Gasteiger partial charge >= 0.3 is 0 Å². The highest BCUT2D eigenvalue weighted by atomic mass is 35.5. The summed E-state index contributed by atoms with van der Waals surface area (Å²) in [6, 6.07) is 9.87. The summed E-state index contributed by atoms with van der Waals surface area (Å²) >= 11 is 6.16. The number of nitrogens with zero attached hydrogens (tertiary/aromatic N) is 4. The standard InChI is InChI=1S/C21H21ClN4O/c22-16-8-9-20-23-11-19(26(20)13-16)18-5-1-4-17(24-18)15-3-2-10-25(12-15)21(27)14-6-7-14/h1,4-5,8-9,11,13-15H,2-3,6-7,10,12H2. The van der Waals surface area contributed by atoms with Crippen molar-refractivity contribution in [2.24, 2.45) is 5.92 Å². The zero-order chi connectivity index (χ0) is 18.4. The lowest BCUT2D eigenvalue weighted by atomic mass is 9.93. The quantitative estimate of drug-likeness (QED) is 0.685. The van der Waals surface area contributed by atoms with Gasteiger partial charge in [-0.15, -0.1) is 0 Å². The fraction of sp³-hybridized carbons (Fsp3) is 0.381. The van der Waals surface area contributed by atoms with Gasteiger partial charge in [0.1, 0.15) is 5.65 Å². The van der Waals surface area contributed by atoms with Gasteiger partial charge in [-0.3, -0.25) is 14.2 Å². The third kappa shape index (κ3) is 3.21. The second kappa shape index (κ2) is 6.64. The maximum Gasteiger partial charge on any atom is 0.225 e. The topological polar surface area (TPSA) is 50.5 Å². The number of hydrogen-bond acceptors (Lipinski definition) is 3. The number of likely N-dealkylation sites (tertiary alicyclic amines) is 1. The first-order chi connectivity index (χ1) is 13.2. The van der Waals surface area contributed by atoms with Gasteiger partial charge in [0.05, 0.1) is 22.6 Å². The molecular formula is C21H21ClN4O. The van der Waals surface area contributed by atoms with E-state index in [9.17, 15) is 4.79 Å². The molecule has 1 saturated heterocycles. The molecule has 1 aliphatic heterocycles. The Morgan fingerprint density at radius 2 is 2.04 bits per heavy atom. The number of carbonyl (C=O) groups is 1. The normalized spacial score (nSPS) is 20.2. The van der Waals surface area contributed by atoms with Crippen LogP contribution >= 0.6 is 11.6 Å². The summed E-state index contributed by atoms with van der Waals surface area (Å²) in [5.74, 6) is 0.919. The van der Waals surface area contributed by atoms with Crippen molar-refractivity contribution >= 4 is 23.2 Å². The number of carbonyl (C=O) groups excluding carboxylic acids is 1. The number of amides is 1. The third-order valence-corrected chi connectivity index (χ3v) is 5.80. The second-order valence-corrected chi connectivity index (χ2v) is 8.00. The van der Waals surface area contributed by atoms with Crippen LogP contribution in [0.4, 0.5) is 0 Å². The van der Waals surface area contributed by atoms with Crippen molar-refractivity contribution in [2.45, 2.75) is 31.6 Å². The molecule has 138 valence electrons. The maximum atomic E-state index is 12.5. The Hall–Kier alpha value is -2.40. The van der Waals surface area contributed by atoms with Crippen molar-refractivity contribution in [3.63, 3.8) is 0 Å². The molecule has 1 atom stereocenters.